The largest absolute Gasteiger partial charge is 0.344 e. The van der Waals surface area contributed by atoms with Crippen LogP contribution < -0.4 is 5.32 Å². The van der Waals surface area contributed by atoms with Crippen molar-refractivity contribution in [2.75, 3.05) is 0 Å². The van der Waals surface area contributed by atoms with Crippen LogP contribution in [0.2, 0.25) is 0 Å². The van der Waals surface area contributed by atoms with Crippen molar-refractivity contribution < 1.29 is 9.59 Å². The lowest BCUT2D eigenvalue weighted by Gasteiger charge is -2.24. The number of hydrogen-bond acceptors (Lipinski definition) is 4. The second-order valence-corrected chi connectivity index (χ2v) is 5.97. The summed E-state index contributed by atoms with van der Waals surface area (Å²) >= 11 is 0. The highest BCUT2D eigenvalue weighted by atomic mass is 16.2. The molecule has 0 saturated carbocycles. The van der Waals surface area contributed by atoms with Crippen LogP contribution in [0, 0.1) is 0 Å². The molecule has 0 saturated heterocycles. The molecule has 6 heteroatoms. The van der Waals surface area contributed by atoms with Gasteiger partial charge in [0, 0.05) is 25.2 Å². The second kappa shape index (κ2) is 7.70. The SMILES string of the molecule is C[C@@H](NC(=O)C1=NN(Cc2ccccc2)C(=O)CC1)c1cccnc1. The van der Waals surface area contributed by atoms with Crippen molar-refractivity contribution in [3.63, 3.8) is 0 Å². The van der Waals surface area contributed by atoms with E-state index in [1.165, 1.54) is 5.01 Å². The normalized spacial score (nSPS) is 15.5. The Labute approximate surface area is 146 Å². The van der Waals surface area contributed by atoms with Crippen molar-refractivity contribution in [1.82, 2.24) is 15.3 Å². The van der Waals surface area contributed by atoms with Gasteiger partial charge in [-0.1, -0.05) is 36.4 Å². The zero-order valence-corrected chi connectivity index (χ0v) is 14.1. The summed E-state index contributed by atoms with van der Waals surface area (Å²) in [5.41, 5.74) is 2.28. The number of nitrogens with zero attached hydrogens (tertiary/aromatic N) is 3. The quantitative estimate of drug-likeness (QED) is 0.911. The van der Waals surface area contributed by atoms with E-state index in [0.29, 0.717) is 25.1 Å². The van der Waals surface area contributed by atoms with Gasteiger partial charge in [0.05, 0.1) is 12.6 Å². The van der Waals surface area contributed by atoms with Crippen LogP contribution in [0.1, 0.15) is 36.9 Å². The van der Waals surface area contributed by atoms with Gasteiger partial charge in [-0.2, -0.15) is 5.10 Å². The summed E-state index contributed by atoms with van der Waals surface area (Å²) in [6.45, 7) is 2.26. The van der Waals surface area contributed by atoms with Crippen molar-refractivity contribution in [3.05, 3.63) is 66.0 Å². The summed E-state index contributed by atoms with van der Waals surface area (Å²) in [6.07, 6.45) is 4.06. The summed E-state index contributed by atoms with van der Waals surface area (Å²) in [6, 6.07) is 13.2. The number of benzene rings is 1. The smallest absolute Gasteiger partial charge is 0.267 e. The molecular formula is C19H20N4O2. The average molecular weight is 336 g/mol. The van der Waals surface area contributed by atoms with Crippen molar-refractivity contribution in [1.29, 1.82) is 0 Å². The molecule has 1 aliphatic heterocycles. The summed E-state index contributed by atoms with van der Waals surface area (Å²) in [4.78, 5) is 28.6. The molecule has 0 fully saturated rings. The fraction of sp³-hybridized carbons (Fsp3) is 0.263. The highest BCUT2D eigenvalue weighted by Crippen LogP contribution is 2.15. The number of amides is 2. The maximum atomic E-state index is 12.5. The minimum absolute atomic E-state index is 0.0688. The molecule has 3 rings (SSSR count). The highest BCUT2D eigenvalue weighted by Gasteiger charge is 2.25. The van der Waals surface area contributed by atoms with Gasteiger partial charge in [0.25, 0.3) is 5.91 Å². The van der Waals surface area contributed by atoms with Crippen LogP contribution >= 0.6 is 0 Å². The molecule has 0 spiro atoms. The van der Waals surface area contributed by atoms with Crippen LogP contribution in [0.15, 0.2) is 60.0 Å². The molecule has 2 heterocycles. The molecule has 0 unspecified atom stereocenters. The Kier molecular flexibility index (Phi) is 5.18. The second-order valence-electron chi connectivity index (χ2n) is 5.97. The van der Waals surface area contributed by atoms with Gasteiger partial charge in [-0.25, -0.2) is 5.01 Å². The number of hydrazone groups is 1. The van der Waals surface area contributed by atoms with Gasteiger partial charge < -0.3 is 5.32 Å². The molecule has 1 aliphatic rings. The van der Waals surface area contributed by atoms with E-state index in [2.05, 4.69) is 15.4 Å². The van der Waals surface area contributed by atoms with Crippen molar-refractivity contribution >= 4 is 17.5 Å². The van der Waals surface area contributed by atoms with Crippen molar-refractivity contribution in [3.8, 4) is 0 Å². The molecule has 25 heavy (non-hydrogen) atoms. The Bertz CT molecular complexity index is 775. The molecule has 1 atom stereocenters. The first-order valence-electron chi connectivity index (χ1n) is 8.26. The molecule has 0 aliphatic carbocycles. The minimum Gasteiger partial charge on any atom is -0.344 e. The molecule has 0 bridgehead atoms. The summed E-state index contributed by atoms with van der Waals surface area (Å²) < 4.78 is 0. The minimum atomic E-state index is -0.248. The van der Waals surface area contributed by atoms with Gasteiger partial charge in [0.15, 0.2) is 0 Å². The van der Waals surface area contributed by atoms with Gasteiger partial charge in [0.1, 0.15) is 5.71 Å². The maximum Gasteiger partial charge on any atom is 0.267 e. The molecule has 1 N–H and O–H groups in total. The maximum absolute atomic E-state index is 12.5. The number of pyridine rings is 1. The van der Waals surface area contributed by atoms with E-state index in [1.807, 2.05) is 49.4 Å². The highest BCUT2D eigenvalue weighted by molar-refractivity contribution is 6.39. The molecule has 2 aromatic rings. The lowest BCUT2D eigenvalue weighted by molar-refractivity contribution is -0.132. The number of nitrogens with one attached hydrogen (secondary N) is 1. The van der Waals surface area contributed by atoms with Crippen LogP contribution in [0.3, 0.4) is 0 Å². The monoisotopic (exact) mass is 336 g/mol. The first-order valence-corrected chi connectivity index (χ1v) is 8.26. The van der Waals surface area contributed by atoms with Crippen molar-refractivity contribution in [2.24, 2.45) is 5.10 Å². The van der Waals surface area contributed by atoms with Gasteiger partial charge in [-0.05, 0) is 24.1 Å². The molecule has 0 radical (unpaired) electrons. The third kappa shape index (κ3) is 4.29. The Morgan fingerprint density at radius 1 is 1.20 bits per heavy atom. The first kappa shape index (κ1) is 16.8. The van der Waals surface area contributed by atoms with E-state index in [-0.39, 0.29) is 17.9 Å². The van der Waals surface area contributed by atoms with Gasteiger partial charge in [-0.15, -0.1) is 0 Å². The van der Waals surface area contributed by atoms with E-state index < -0.39 is 0 Å². The Morgan fingerprint density at radius 2 is 2.00 bits per heavy atom. The molecular weight excluding hydrogens is 316 g/mol. The lowest BCUT2D eigenvalue weighted by atomic mass is 10.1. The number of aromatic nitrogens is 1. The van der Waals surface area contributed by atoms with Crippen LogP contribution in [0.25, 0.3) is 0 Å². The third-order valence-corrected chi connectivity index (χ3v) is 4.07. The van der Waals surface area contributed by atoms with Crippen LogP contribution in [0.5, 0.6) is 0 Å². The molecule has 6 nitrogen and oxygen atoms in total. The topological polar surface area (TPSA) is 74.7 Å². The summed E-state index contributed by atoms with van der Waals surface area (Å²) in [7, 11) is 0. The first-order chi connectivity index (χ1) is 12.1. The molecule has 128 valence electrons. The number of carbonyl (C=O) groups excluding carboxylic acids is 2. The lowest BCUT2D eigenvalue weighted by Crippen LogP contribution is -2.39. The Morgan fingerprint density at radius 3 is 2.72 bits per heavy atom. The van der Waals surface area contributed by atoms with Gasteiger partial charge in [0.2, 0.25) is 5.91 Å². The third-order valence-electron chi connectivity index (χ3n) is 4.07. The number of hydrogen-bond donors (Lipinski definition) is 1. The predicted molar refractivity (Wildman–Crippen MR) is 94.5 cm³/mol. The molecule has 2 amide bonds. The van der Waals surface area contributed by atoms with Crippen molar-refractivity contribution in [2.45, 2.75) is 32.4 Å². The zero-order chi connectivity index (χ0) is 17.6. The zero-order valence-electron chi connectivity index (χ0n) is 14.1. The van der Waals surface area contributed by atoms with Crippen LogP contribution in [0.4, 0.5) is 0 Å². The summed E-state index contributed by atoms with van der Waals surface area (Å²) in [5.74, 6) is -0.317. The van der Waals surface area contributed by atoms with E-state index in [9.17, 15) is 9.59 Å². The Balaban J connectivity index is 1.69. The Hall–Kier alpha value is -3.02. The van der Waals surface area contributed by atoms with E-state index in [0.717, 1.165) is 11.1 Å². The number of rotatable bonds is 5. The van der Waals surface area contributed by atoms with E-state index in [4.69, 9.17) is 0 Å². The fourth-order valence-corrected chi connectivity index (χ4v) is 2.64. The standard InChI is InChI=1S/C19H20N4O2/c1-14(16-8-5-11-20-12-16)21-19(25)17-9-10-18(24)23(22-17)13-15-6-3-2-4-7-15/h2-8,11-12,14H,9-10,13H2,1H3,(H,21,25)/t14-/m1/s1. The van der Waals surface area contributed by atoms with Crippen LogP contribution in [-0.4, -0.2) is 27.5 Å². The van der Waals surface area contributed by atoms with Gasteiger partial charge >= 0.3 is 0 Å². The molecule has 1 aromatic carbocycles. The van der Waals surface area contributed by atoms with E-state index in [1.54, 1.807) is 12.4 Å². The predicted octanol–water partition coefficient (Wildman–Crippen LogP) is 2.44. The van der Waals surface area contributed by atoms with E-state index >= 15 is 0 Å². The number of carbonyl (C=O) groups is 2. The average Bonchev–Trinajstić information content (AvgIpc) is 2.65. The molecule has 1 aromatic heterocycles. The summed E-state index contributed by atoms with van der Waals surface area (Å²) in [5, 5.41) is 8.57. The van der Waals surface area contributed by atoms with Crippen LogP contribution in [-0.2, 0) is 16.1 Å². The fourth-order valence-electron chi connectivity index (χ4n) is 2.64. The van der Waals surface area contributed by atoms with Gasteiger partial charge in [-0.3, -0.25) is 14.6 Å².